The number of ether oxygens (including phenoxy) is 1. The van der Waals surface area contributed by atoms with E-state index in [1.54, 1.807) is 12.1 Å². The Morgan fingerprint density at radius 3 is 2.50 bits per heavy atom. The van der Waals surface area contributed by atoms with Crippen LogP contribution in [0, 0.1) is 5.92 Å². The lowest BCUT2D eigenvalue weighted by molar-refractivity contribution is -0.0295. The van der Waals surface area contributed by atoms with E-state index in [4.69, 9.17) is 4.74 Å². The Morgan fingerprint density at radius 1 is 1.14 bits per heavy atom. The van der Waals surface area contributed by atoms with Crippen LogP contribution < -0.4 is 16.0 Å². The molecule has 1 fully saturated rings. The molecular formula is C21H34N4O3. The van der Waals surface area contributed by atoms with E-state index >= 15 is 0 Å². The fraction of sp³-hybridized carbons (Fsp3) is 0.619. The fourth-order valence-electron chi connectivity index (χ4n) is 3.16. The molecule has 7 nitrogen and oxygen atoms in total. The molecule has 28 heavy (non-hydrogen) atoms. The highest BCUT2D eigenvalue weighted by atomic mass is 16.5. The first-order valence-electron chi connectivity index (χ1n) is 10.1. The van der Waals surface area contributed by atoms with Crippen molar-refractivity contribution in [3.05, 3.63) is 35.4 Å². The summed E-state index contributed by atoms with van der Waals surface area (Å²) in [4.78, 5) is 26.4. The van der Waals surface area contributed by atoms with Crippen molar-refractivity contribution in [3.8, 4) is 0 Å². The van der Waals surface area contributed by atoms with E-state index < -0.39 is 0 Å². The lowest BCUT2D eigenvalue weighted by Crippen LogP contribution is -2.48. The monoisotopic (exact) mass is 390 g/mol. The summed E-state index contributed by atoms with van der Waals surface area (Å²) in [7, 11) is 0. The largest absolute Gasteiger partial charge is 0.374 e. The molecule has 1 aliphatic heterocycles. The van der Waals surface area contributed by atoms with Gasteiger partial charge in [0.1, 0.15) is 0 Å². The second kappa shape index (κ2) is 11.0. The molecule has 3 amide bonds. The third-order valence-electron chi connectivity index (χ3n) is 4.43. The molecule has 1 saturated heterocycles. The van der Waals surface area contributed by atoms with Gasteiger partial charge < -0.3 is 20.7 Å². The molecule has 1 aromatic carbocycles. The van der Waals surface area contributed by atoms with E-state index in [2.05, 4.69) is 34.7 Å². The number of amides is 3. The van der Waals surface area contributed by atoms with Crippen LogP contribution in [0.4, 0.5) is 4.79 Å². The van der Waals surface area contributed by atoms with Crippen molar-refractivity contribution in [1.82, 2.24) is 20.9 Å². The van der Waals surface area contributed by atoms with Crippen LogP contribution in [-0.4, -0.2) is 61.8 Å². The zero-order chi connectivity index (χ0) is 20.5. The third-order valence-corrected chi connectivity index (χ3v) is 4.43. The first kappa shape index (κ1) is 22.2. The maximum Gasteiger partial charge on any atom is 0.315 e. The molecule has 0 aliphatic carbocycles. The second-order valence-corrected chi connectivity index (χ2v) is 8.03. The topological polar surface area (TPSA) is 82.7 Å². The minimum absolute atomic E-state index is 0.0272. The maximum absolute atomic E-state index is 12.4. The van der Waals surface area contributed by atoms with Crippen LogP contribution in [-0.2, 0) is 11.3 Å². The summed E-state index contributed by atoms with van der Waals surface area (Å²) in [6.07, 6.45) is 0.0272. The zero-order valence-electron chi connectivity index (χ0n) is 17.5. The van der Waals surface area contributed by atoms with Gasteiger partial charge in [-0.1, -0.05) is 26.0 Å². The van der Waals surface area contributed by atoms with E-state index in [1.165, 1.54) is 0 Å². The third kappa shape index (κ3) is 7.86. The first-order valence-corrected chi connectivity index (χ1v) is 10.1. The van der Waals surface area contributed by atoms with Gasteiger partial charge in [0, 0.05) is 44.3 Å². The Labute approximate surface area is 168 Å². The fourth-order valence-corrected chi connectivity index (χ4v) is 3.16. The van der Waals surface area contributed by atoms with Gasteiger partial charge in [0.15, 0.2) is 0 Å². The van der Waals surface area contributed by atoms with Crippen molar-refractivity contribution in [3.63, 3.8) is 0 Å². The van der Waals surface area contributed by atoms with Crippen molar-refractivity contribution < 1.29 is 14.3 Å². The smallest absolute Gasteiger partial charge is 0.315 e. The van der Waals surface area contributed by atoms with Gasteiger partial charge in [-0.15, -0.1) is 0 Å². The molecule has 0 radical (unpaired) electrons. The van der Waals surface area contributed by atoms with Gasteiger partial charge in [-0.25, -0.2) is 4.79 Å². The predicted molar refractivity (Wildman–Crippen MR) is 110 cm³/mol. The molecule has 0 saturated carbocycles. The summed E-state index contributed by atoms with van der Waals surface area (Å²) < 4.78 is 5.77. The van der Waals surface area contributed by atoms with Crippen molar-refractivity contribution in [2.45, 2.75) is 46.4 Å². The van der Waals surface area contributed by atoms with Crippen molar-refractivity contribution in [2.24, 2.45) is 5.92 Å². The number of nitrogens with one attached hydrogen (secondary N) is 3. The molecule has 0 unspecified atom stereocenters. The lowest BCUT2D eigenvalue weighted by Gasteiger charge is -2.33. The number of carbonyl (C=O) groups is 2. The van der Waals surface area contributed by atoms with Gasteiger partial charge in [-0.3, -0.25) is 9.69 Å². The number of morpholine rings is 1. The molecule has 156 valence electrons. The molecule has 1 aromatic rings. The molecule has 0 aromatic heterocycles. The molecule has 3 N–H and O–H groups in total. The standard InChI is InChI=1S/C21H34N4O3/c1-15(2)13-25-9-10-28-19(14-25)12-22-20(26)18-7-5-17(6-8-18)11-23-21(27)24-16(3)4/h5-8,15-16,19H,9-14H2,1-4H3,(H,22,26)(H2,23,24,27)/t19-/m1/s1. The van der Waals surface area contributed by atoms with Crippen LogP contribution in [0.3, 0.4) is 0 Å². The average molecular weight is 391 g/mol. The van der Waals surface area contributed by atoms with Crippen LogP contribution in [0.25, 0.3) is 0 Å². The molecule has 1 heterocycles. The van der Waals surface area contributed by atoms with Gasteiger partial charge in [-0.05, 0) is 37.5 Å². The Balaban J connectivity index is 1.75. The highest BCUT2D eigenvalue weighted by Gasteiger charge is 2.21. The molecule has 1 atom stereocenters. The number of rotatable bonds is 8. The van der Waals surface area contributed by atoms with Crippen LogP contribution in [0.5, 0.6) is 0 Å². The van der Waals surface area contributed by atoms with Crippen molar-refractivity contribution >= 4 is 11.9 Å². The Bertz CT molecular complexity index is 631. The van der Waals surface area contributed by atoms with Crippen molar-refractivity contribution in [2.75, 3.05) is 32.8 Å². The van der Waals surface area contributed by atoms with E-state index in [0.29, 0.717) is 31.2 Å². The van der Waals surface area contributed by atoms with E-state index in [9.17, 15) is 9.59 Å². The van der Waals surface area contributed by atoms with Gasteiger partial charge in [0.05, 0.1) is 12.7 Å². The highest BCUT2D eigenvalue weighted by molar-refractivity contribution is 5.94. The Hall–Kier alpha value is -2.12. The van der Waals surface area contributed by atoms with Crippen LogP contribution >= 0.6 is 0 Å². The van der Waals surface area contributed by atoms with Crippen LogP contribution in [0.2, 0.25) is 0 Å². The van der Waals surface area contributed by atoms with Gasteiger partial charge >= 0.3 is 6.03 Å². The average Bonchev–Trinajstić information content (AvgIpc) is 2.64. The number of benzene rings is 1. The van der Waals surface area contributed by atoms with E-state index in [0.717, 1.165) is 25.2 Å². The number of hydrogen-bond donors (Lipinski definition) is 3. The Morgan fingerprint density at radius 2 is 1.86 bits per heavy atom. The number of hydrogen-bond acceptors (Lipinski definition) is 4. The summed E-state index contributed by atoms with van der Waals surface area (Å²) in [5.41, 5.74) is 1.54. The Kier molecular flexibility index (Phi) is 8.73. The SMILES string of the molecule is CC(C)CN1CCO[C@H](CNC(=O)c2ccc(CNC(=O)NC(C)C)cc2)C1. The lowest BCUT2D eigenvalue weighted by atomic mass is 10.1. The minimum atomic E-state index is -0.198. The summed E-state index contributed by atoms with van der Waals surface area (Å²) in [5, 5.41) is 8.53. The summed E-state index contributed by atoms with van der Waals surface area (Å²) in [5.74, 6) is 0.513. The van der Waals surface area contributed by atoms with Gasteiger partial charge in [0.25, 0.3) is 5.91 Å². The first-order chi connectivity index (χ1) is 13.3. The normalized spacial score (nSPS) is 17.6. The summed E-state index contributed by atoms with van der Waals surface area (Å²) >= 11 is 0. The number of nitrogens with zero attached hydrogens (tertiary/aromatic N) is 1. The molecule has 7 heteroatoms. The molecule has 2 rings (SSSR count). The highest BCUT2D eigenvalue weighted by Crippen LogP contribution is 2.08. The van der Waals surface area contributed by atoms with Gasteiger partial charge in [0.2, 0.25) is 0 Å². The molecule has 0 bridgehead atoms. The van der Waals surface area contributed by atoms with E-state index in [1.807, 2.05) is 26.0 Å². The predicted octanol–water partition coefficient (Wildman–Crippen LogP) is 1.98. The molecular weight excluding hydrogens is 356 g/mol. The van der Waals surface area contributed by atoms with Crippen LogP contribution in [0.15, 0.2) is 24.3 Å². The molecule has 0 spiro atoms. The number of carbonyl (C=O) groups excluding carboxylic acids is 2. The minimum Gasteiger partial charge on any atom is -0.374 e. The summed E-state index contributed by atoms with van der Waals surface area (Å²) in [6, 6.07) is 7.16. The summed E-state index contributed by atoms with van der Waals surface area (Å²) in [6.45, 7) is 12.7. The quantitative estimate of drug-likeness (QED) is 0.634. The second-order valence-electron chi connectivity index (χ2n) is 8.03. The maximum atomic E-state index is 12.4. The molecule has 1 aliphatic rings. The van der Waals surface area contributed by atoms with Gasteiger partial charge in [-0.2, -0.15) is 0 Å². The zero-order valence-corrected chi connectivity index (χ0v) is 17.5. The number of urea groups is 1. The van der Waals surface area contributed by atoms with Crippen molar-refractivity contribution in [1.29, 1.82) is 0 Å². The van der Waals surface area contributed by atoms with Crippen LogP contribution in [0.1, 0.15) is 43.6 Å². The van der Waals surface area contributed by atoms with E-state index in [-0.39, 0.29) is 24.1 Å².